The molecule has 0 N–H and O–H groups in total. The first-order valence-corrected chi connectivity index (χ1v) is 17.7. The summed E-state index contributed by atoms with van der Waals surface area (Å²) in [6, 6.07) is 49.6. The Bertz CT molecular complexity index is 1670. The number of benzene rings is 5. The van der Waals surface area contributed by atoms with Gasteiger partial charge in [0.25, 0.3) is 0 Å². The van der Waals surface area contributed by atoms with Crippen molar-refractivity contribution in [3.63, 3.8) is 0 Å². The van der Waals surface area contributed by atoms with E-state index in [2.05, 4.69) is 147 Å². The lowest BCUT2D eigenvalue weighted by Crippen LogP contribution is -2.46. The van der Waals surface area contributed by atoms with Gasteiger partial charge in [0.15, 0.2) is 0 Å². The minimum absolute atomic E-state index is 0.0163. The van der Waals surface area contributed by atoms with Crippen LogP contribution in [0, 0.1) is 11.8 Å². The minimum Gasteiger partial charge on any atom is -0.326 e. The zero-order valence-corrected chi connectivity index (χ0v) is 29.1. The highest BCUT2D eigenvalue weighted by molar-refractivity contribution is 6.57. The first kappa shape index (κ1) is 33.9. The summed E-state index contributed by atoms with van der Waals surface area (Å²) in [4.78, 5) is 4.49. The van der Waals surface area contributed by atoms with Crippen LogP contribution in [-0.2, 0) is 18.0 Å². The van der Waals surface area contributed by atoms with Gasteiger partial charge in [0.2, 0.25) is 0 Å². The third-order valence-electron chi connectivity index (χ3n) is 8.29. The lowest BCUT2D eigenvalue weighted by atomic mass is 9.76. The van der Waals surface area contributed by atoms with Crippen molar-refractivity contribution < 1.29 is 0 Å². The molecule has 0 aliphatic heterocycles. The van der Waals surface area contributed by atoms with Crippen molar-refractivity contribution in [1.82, 2.24) is 9.55 Å². The lowest BCUT2D eigenvalue weighted by Gasteiger charge is -2.37. The Kier molecular flexibility index (Phi) is 11.9. The van der Waals surface area contributed by atoms with Crippen LogP contribution in [0.4, 0.5) is 0 Å². The van der Waals surface area contributed by atoms with E-state index in [1.165, 1.54) is 27.4 Å². The van der Waals surface area contributed by atoms with Gasteiger partial charge in [-0.05, 0) is 63.9 Å². The number of aromatic nitrogens is 2. The average molecular weight is 629 g/mol. The Morgan fingerprint density at radius 1 is 0.617 bits per heavy atom. The first-order chi connectivity index (χ1) is 22.8. The second-order valence-electron chi connectivity index (χ2n) is 13.1. The summed E-state index contributed by atoms with van der Waals surface area (Å²) in [7, 11) is 6.64. The smallest absolute Gasteiger partial charge is 0.127 e. The van der Waals surface area contributed by atoms with Gasteiger partial charge in [0.1, 0.15) is 9.52 Å². The topological polar surface area (TPSA) is 17.8 Å². The summed E-state index contributed by atoms with van der Waals surface area (Å²) < 4.78 is 2.32. The van der Waals surface area contributed by atoms with Crippen molar-refractivity contribution >= 4 is 22.6 Å². The molecule has 0 saturated heterocycles. The molecule has 0 atom stereocenters. The fourth-order valence-electron chi connectivity index (χ4n) is 6.16. The van der Waals surface area contributed by atoms with Gasteiger partial charge in [-0.1, -0.05) is 172 Å². The molecule has 0 unspecified atom stereocenters. The van der Waals surface area contributed by atoms with Crippen LogP contribution in [0.5, 0.6) is 0 Å². The summed E-state index contributed by atoms with van der Waals surface area (Å²) in [6.07, 6.45) is 8.17. The molecule has 0 bridgehead atoms. The number of imidazole rings is 1. The van der Waals surface area contributed by atoms with Crippen LogP contribution in [0.1, 0.15) is 66.9 Å². The van der Waals surface area contributed by atoms with Gasteiger partial charge in [-0.15, -0.1) is 0 Å². The highest BCUT2D eigenvalue weighted by Gasteiger charge is 2.37. The maximum absolute atomic E-state index is 6.12. The summed E-state index contributed by atoms with van der Waals surface area (Å²) in [6.45, 7) is 9.15. The Balaban J connectivity index is 0.000000257. The molecule has 1 aromatic heterocycles. The fourth-order valence-corrected chi connectivity index (χ4v) is 7.80. The number of rotatable bonds is 11. The van der Waals surface area contributed by atoms with E-state index < -0.39 is 0 Å². The molecule has 0 amide bonds. The molecule has 0 aliphatic carbocycles. The highest BCUT2D eigenvalue weighted by atomic mass is 28.2. The second-order valence-corrected chi connectivity index (χ2v) is 14.6. The van der Waals surface area contributed by atoms with E-state index in [1.54, 1.807) is 0 Å². The van der Waals surface area contributed by atoms with E-state index in [0.717, 1.165) is 24.0 Å². The van der Waals surface area contributed by atoms with Gasteiger partial charge in [0, 0.05) is 12.4 Å². The molecule has 1 heterocycles. The largest absolute Gasteiger partial charge is 0.326 e. The van der Waals surface area contributed by atoms with Crippen molar-refractivity contribution in [1.29, 1.82) is 0 Å². The zero-order valence-electron chi connectivity index (χ0n) is 28.1. The fraction of sp³-hybridized carbons (Fsp3) is 0.233. The van der Waals surface area contributed by atoms with Crippen molar-refractivity contribution in [3.8, 4) is 0 Å². The van der Waals surface area contributed by atoms with Gasteiger partial charge in [-0.3, -0.25) is 0 Å². The molecule has 4 heteroatoms. The van der Waals surface area contributed by atoms with Gasteiger partial charge in [-0.25, -0.2) is 4.98 Å². The Morgan fingerprint density at radius 3 is 1.51 bits per heavy atom. The van der Waals surface area contributed by atoms with E-state index in [-0.39, 0.29) is 11.0 Å². The summed E-state index contributed by atoms with van der Waals surface area (Å²) in [5.74, 6) is 1.22. The van der Waals surface area contributed by atoms with Crippen molar-refractivity contribution in [2.75, 3.05) is 0 Å². The SMILES string of the molecule is CC(C)Cc1cccc(C([Si]c2ccccc2)(c2cccc(CC(C)C)c2)n2ccnc2)c1.[B]C(c1ccccc1)c1ccccc1. The summed E-state index contributed by atoms with van der Waals surface area (Å²) >= 11 is 0. The van der Waals surface area contributed by atoms with Crippen LogP contribution >= 0.6 is 0 Å². The van der Waals surface area contributed by atoms with Crippen molar-refractivity contribution in [2.45, 2.75) is 51.5 Å². The molecule has 2 nitrogen and oxygen atoms in total. The van der Waals surface area contributed by atoms with Crippen LogP contribution in [0.25, 0.3) is 0 Å². The molecule has 0 fully saturated rings. The normalized spacial score (nSPS) is 11.5. The van der Waals surface area contributed by atoms with E-state index in [4.69, 9.17) is 7.85 Å². The van der Waals surface area contributed by atoms with E-state index in [9.17, 15) is 0 Å². The van der Waals surface area contributed by atoms with Gasteiger partial charge in [-0.2, -0.15) is 0 Å². The Morgan fingerprint density at radius 2 is 1.09 bits per heavy atom. The Hall–Kier alpha value is -4.41. The molecule has 0 aliphatic rings. The molecular formula is C43H45BN2Si. The molecular weight excluding hydrogens is 583 g/mol. The zero-order chi connectivity index (χ0) is 33.1. The molecule has 47 heavy (non-hydrogen) atoms. The number of nitrogens with zero attached hydrogens (tertiary/aromatic N) is 2. The van der Waals surface area contributed by atoms with Crippen molar-refractivity contribution in [3.05, 3.63) is 192 Å². The van der Waals surface area contributed by atoms with Crippen molar-refractivity contribution in [2.24, 2.45) is 11.8 Å². The van der Waals surface area contributed by atoms with Crippen LogP contribution < -0.4 is 5.19 Å². The number of hydrogen-bond donors (Lipinski definition) is 0. The molecule has 5 aromatic carbocycles. The quantitative estimate of drug-likeness (QED) is 0.131. The second kappa shape index (κ2) is 16.4. The molecule has 234 valence electrons. The molecule has 0 spiro atoms. The van der Waals surface area contributed by atoms with Crippen LogP contribution in [0.15, 0.2) is 158 Å². The van der Waals surface area contributed by atoms with Crippen LogP contribution in [0.3, 0.4) is 0 Å². The van der Waals surface area contributed by atoms with E-state index in [1.807, 2.05) is 48.9 Å². The van der Waals surface area contributed by atoms with Crippen LogP contribution in [-0.4, -0.2) is 26.9 Å². The third kappa shape index (κ3) is 8.90. The monoisotopic (exact) mass is 628 g/mol. The molecule has 6 rings (SSSR count). The van der Waals surface area contributed by atoms with Crippen LogP contribution in [0.2, 0.25) is 0 Å². The highest BCUT2D eigenvalue weighted by Crippen LogP contribution is 2.35. The maximum Gasteiger partial charge on any atom is 0.127 e. The summed E-state index contributed by atoms with van der Waals surface area (Å²) in [5, 5.41) is 0.993. The summed E-state index contributed by atoms with van der Waals surface area (Å²) in [5.41, 5.74) is 7.73. The minimum atomic E-state index is -0.349. The average Bonchev–Trinajstić information content (AvgIpc) is 3.64. The van der Waals surface area contributed by atoms with Gasteiger partial charge in [0.05, 0.1) is 19.3 Å². The maximum atomic E-state index is 6.12. The van der Waals surface area contributed by atoms with Gasteiger partial charge < -0.3 is 4.57 Å². The first-order valence-electron chi connectivity index (χ1n) is 16.7. The standard InChI is InChI=1S/C30H34N2Si.C13H11B/c1-23(2)18-25-10-8-12-27(20-25)30(32-17-16-31-22-32,33-29-14-6-5-7-15-29)28-13-9-11-26(21-28)19-24(3)4;14-13(11-7-3-1-4-8-11)12-9-5-2-6-10-12/h5-17,20-24H,18-19H2,1-4H3;1-10,13H. The predicted molar refractivity (Wildman–Crippen MR) is 201 cm³/mol. The predicted octanol–water partition coefficient (Wildman–Crippen LogP) is 9.00. The Labute approximate surface area is 286 Å². The van der Waals surface area contributed by atoms with E-state index in [0.29, 0.717) is 21.4 Å². The number of hydrogen-bond acceptors (Lipinski definition) is 1. The van der Waals surface area contributed by atoms with E-state index >= 15 is 0 Å². The third-order valence-corrected chi connectivity index (χ3v) is 10.1. The van der Waals surface area contributed by atoms with Gasteiger partial charge >= 0.3 is 0 Å². The molecule has 6 aromatic rings. The molecule has 4 radical (unpaired) electrons. The lowest BCUT2D eigenvalue weighted by molar-refractivity contribution is 0.589. The molecule has 0 saturated carbocycles.